The van der Waals surface area contributed by atoms with Crippen molar-refractivity contribution in [3.8, 4) is 5.75 Å². The van der Waals surface area contributed by atoms with Crippen molar-refractivity contribution < 1.29 is 27.5 Å². The highest BCUT2D eigenvalue weighted by Gasteiger charge is 2.32. The summed E-state index contributed by atoms with van der Waals surface area (Å²) in [6, 6.07) is 12.0. The molecule has 2 aromatic rings. The van der Waals surface area contributed by atoms with Crippen molar-refractivity contribution in [2.24, 2.45) is 0 Å². The van der Waals surface area contributed by atoms with E-state index in [4.69, 9.17) is 9.47 Å². The fourth-order valence-corrected chi connectivity index (χ4v) is 5.40. The Bertz CT molecular complexity index is 1160. The van der Waals surface area contributed by atoms with Gasteiger partial charge in [0.15, 0.2) is 6.61 Å². The average molecular weight is 474 g/mol. The average Bonchev–Trinajstić information content (AvgIpc) is 2.82. The lowest BCUT2D eigenvalue weighted by Gasteiger charge is -2.32. The van der Waals surface area contributed by atoms with E-state index in [9.17, 15) is 18.0 Å². The van der Waals surface area contributed by atoms with Gasteiger partial charge >= 0.3 is 0 Å². The predicted molar refractivity (Wildman–Crippen MR) is 123 cm³/mol. The molecule has 2 amide bonds. The molecule has 2 aromatic carbocycles. The second-order valence-electron chi connectivity index (χ2n) is 7.89. The van der Waals surface area contributed by atoms with Gasteiger partial charge in [0.2, 0.25) is 15.9 Å². The topological polar surface area (TPSA) is 96.5 Å². The summed E-state index contributed by atoms with van der Waals surface area (Å²) in [6.45, 7) is 4.99. The molecule has 0 spiro atoms. The summed E-state index contributed by atoms with van der Waals surface area (Å²) in [4.78, 5) is 28.9. The molecule has 2 aliphatic heterocycles. The van der Waals surface area contributed by atoms with Crippen LogP contribution in [0.3, 0.4) is 0 Å². The number of amides is 2. The summed E-state index contributed by atoms with van der Waals surface area (Å²) >= 11 is 0. The normalized spacial score (nSPS) is 16.8. The smallest absolute Gasteiger partial charge is 0.265 e. The molecule has 0 atom stereocenters. The Kier molecular flexibility index (Phi) is 6.68. The van der Waals surface area contributed by atoms with E-state index in [-0.39, 0.29) is 42.7 Å². The lowest BCUT2D eigenvalue weighted by molar-refractivity contribution is -0.124. The van der Waals surface area contributed by atoms with Crippen molar-refractivity contribution in [2.45, 2.75) is 18.7 Å². The Morgan fingerprint density at radius 3 is 2.58 bits per heavy atom. The minimum atomic E-state index is -3.77. The molecule has 9 nitrogen and oxygen atoms in total. The van der Waals surface area contributed by atoms with Crippen molar-refractivity contribution in [3.05, 3.63) is 48.0 Å². The molecule has 0 radical (unpaired) electrons. The van der Waals surface area contributed by atoms with Gasteiger partial charge < -0.3 is 14.4 Å². The van der Waals surface area contributed by atoms with E-state index < -0.39 is 15.9 Å². The van der Waals surface area contributed by atoms with Crippen molar-refractivity contribution in [3.63, 3.8) is 0 Å². The molecule has 33 heavy (non-hydrogen) atoms. The summed E-state index contributed by atoms with van der Waals surface area (Å²) in [6.07, 6.45) is 0. The Labute approximate surface area is 193 Å². The van der Waals surface area contributed by atoms with Gasteiger partial charge in [-0.25, -0.2) is 8.42 Å². The lowest BCUT2D eigenvalue weighted by Crippen LogP contribution is -2.46. The number of nitrogens with zero attached hydrogens (tertiary/aromatic N) is 3. The monoisotopic (exact) mass is 473 g/mol. The first kappa shape index (κ1) is 23.2. The Morgan fingerprint density at radius 2 is 1.88 bits per heavy atom. The number of ether oxygens (including phenoxy) is 2. The van der Waals surface area contributed by atoms with Crippen LogP contribution in [0, 0.1) is 6.92 Å². The van der Waals surface area contributed by atoms with Crippen LogP contribution in [0.25, 0.3) is 0 Å². The zero-order valence-corrected chi connectivity index (χ0v) is 19.5. The number of hydrogen-bond donors (Lipinski definition) is 0. The van der Waals surface area contributed by atoms with Crippen molar-refractivity contribution >= 4 is 33.2 Å². The third-order valence-electron chi connectivity index (χ3n) is 5.71. The van der Waals surface area contributed by atoms with E-state index in [2.05, 4.69) is 0 Å². The second kappa shape index (κ2) is 9.50. The molecular weight excluding hydrogens is 446 g/mol. The number of morpholine rings is 1. The summed E-state index contributed by atoms with van der Waals surface area (Å²) in [5.74, 6) is -0.315. The summed E-state index contributed by atoms with van der Waals surface area (Å²) < 4.78 is 38.3. The van der Waals surface area contributed by atoms with Crippen molar-refractivity contribution in [2.75, 3.05) is 55.8 Å². The Morgan fingerprint density at radius 1 is 1.12 bits per heavy atom. The summed E-state index contributed by atoms with van der Waals surface area (Å²) in [7, 11) is -3.77. The van der Waals surface area contributed by atoms with Gasteiger partial charge in [-0.05, 0) is 49.7 Å². The minimum Gasteiger partial charge on any atom is -0.482 e. The third kappa shape index (κ3) is 4.73. The minimum absolute atomic E-state index is 0.0462. The molecule has 1 fully saturated rings. The van der Waals surface area contributed by atoms with Gasteiger partial charge in [-0.2, -0.15) is 4.31 Å². The highest BCUT2D eigenvalue weighted by atomic mass is 32.2. The largest absolute Gasteiger partial charge is 0.482 e. The summed E-state index contributed by atoms with van der Waals surface area (Å²) in [5.41, 5.74) is 2.03. The maximum Gasteiger partial charge on any atom is 0.265 e. The van der Waals surface area contributed by atoms with Crippen LogP contribution in [0.2, 0.25) is 0 Å². The van der Waals surface area contributed by atoms with E-state index in [1.54, 1.807) is 4.90 Å². The number of sulfonamides is 1. The SMILES string of the molecule is CCN(C(=O)CN1C(=O)COc2ccc(S(=O)(=O)N3CCOCC3)cc21)c1cccc(C)c1. The molecule has 0 saturated carbocycles. The van der Waals surface area contributed by atoms with Crippen LogP contribution in [0.1, 0.15) is 12.5 Å². The van der Waals surface area contributed by atoms with Gasteiger partial charge in [0.1, 0.15) is 12.3 Å². The van der Waals surface area contributed by atoms with E-state index in [1.807, 2.05) is 38.1 Å². The molecule has 4 rings (SSSR count). The zero-order chi connectivity index (χ0) is 23.6. The number of likely N-dealkylation sites (N-methyl/N-ethyl adjacent to an activating group) is 1. The first-order valence-electron chi connectivity index (χ1n) is 10.8. The van der Waals surface area contributed by atoms with E-state index in [0.29, 0.717) is 25.5 Å². The number of fused-ring (bicyclic) bond motifs is 1. The molecule has 176 valence electrons. The van der Waals surface area contributed by atoms with Crippen LogP contribution >= 0.6 is 0 Å². The molecule has 2 heterocycles. The molecule has 0 aromatic heterocycles. The number of hydrogen-bond acceptors (Lipinski definition) is 6. The highest BCUT2D eigenvalue weighted by molar-refractivity contribution is 7.89. The number of benzene rings is 2. The number of carbonyl (C=O) groups is 2. The molecule has 10 heteroatoms. The fraction of sp³-hybridized carbons (Fsp3) is 0.391. The van der Waals surface area contributed by atoms with Gasteiger partial charge in [-0.3, -0.25) is 14.5 Å². The van der Waals surface area contributed by atoms with Crippen LogP contribution in [-0.4, -0.2) is 70.5 Å². The lowest BCUT2D eigenvalue weighted by atomic mass is 10.2. The number of anilines is 2. The number of rotatable bonds is 6. The zero-order valence-electron chi connectivity index (χ0n) is 18.7. The van der Waals surface area contributed by atoms with E-state index >= 15 is 0 Å². The molecule has 2 aliphatic rings. The van der Waals surface area contributed by atoms with Crippen LogP contribution in [0.15, 0.2) is 47.4 Å². The maximum absolute atomic E-state index is 13.2. The van der Waals surface area contributed by atoms with Gasteiger partial charge in [0, 0.05) is 25.3 Å². The van der Waals surface area contributed by atoms with Crippen molar-refractivity contribution in [1.29, 1.82) is 0 Å². The van der Waals surface area contributed by atoms with Crippen molar-refractivity contribution in [1.82, 2.24) is 4.31 Å². The van der Waals surface area contributed by atoms with Crippen LogP contribution < -0.4 is 14.5 Å². The number of carbonyl (C=O) groups excluding carboxylic acids is 2. The Balaban J connectivity index is 1.63. The van der Waals surface area contributed by atoms with Gasteiger partial charge in [0.25, 0.3) is 5.91 Å². The van der Waals surface area contributed by atoms with Crippen LogP contribution in [0.5, 0.6) is 5.75 Å². The van der Waals surface area contributed by atoms with E-state index in [1.165, 1.54) is 27.4 Å². The molecular formula is C23H27N3O6S. The van der Waals surface area contributed by atoms with Gasteiger partial charge in [-0.15, -0.1) is 0 Å². The standard InChI is InChI=1S/C23H27N3O6S/c1-3-25(18-6-4-5-17(2)13-18)22(27)15-26-20-14-19(7-8-21(20)32-16-23(26)28)33(29,30)24-9-11-31-12-10-24/h4-8,13-14H,3,9-12,15-16H2,1-2H3. The Hall–Kier alpha value is -2.95. The quantitative estimate of drug-likeness (QED) is 0.635. The molecule has 0 aliphatic carbocycles. The van der Waals surface area contributed by atoms with Gasteiger partial charge in [0.05, 0.1) is 23.8 Å². The molecule has 0 N–H and O–H groups in total. The third-order valence-corrected chi connectivity index (χ3v) is 7.60. The second-order valence-corrected chi connectivity index (χ2v) is 9.83. The molecule has 0 unspecified atom stereocenters. The van der Waals surface area contributed by atoms with E-state index in [0.717, 1.165) is 11.3 Å². The molecule has 1 saturated heterocycles. The van der Waals surface area contributed by atoms with Crippen LogP contribution in [0.4, 0.5) is 11.4 Å². The first-order valence-corrected chi connectivity index (χ1v) is 12.3. The van der Waals surface area contributed by atoms with Gasteiger partial charge in [-0.1, -0.05) is 12.1 Å². The molecule has 0 bridgehead atoms. The highest BCUT2D eigenvalue weighted by Crippen LogP contribution is 2.35. The summed E-state index contributed by atoms with van der Waals surface area (Å²) in [5, 5.41) is 0. The fourth-order valence-electron chi connectivity index (χ4n) is 3.97. The first-order chi connectivity index (χ1) is 15.8. The number of aryl methyl sites for hydroxylation is 1. The maximum atomic E-state index is 13.2. The van der Waals surface area contributed by atoms with Crippen LogP contribution in [-0.2, 0) is 24.3 Å². The predicted octanol–water partition coefficient (Wildman–Crippen LogP) is 1.79.